The molecule has 0 spiro atoms. The molecule has 11 heteroatoms. The Morgan fingerprint density at radius 2 is 1.38 bits per heavy atom. The summed E-state index contributed by atoms with van der Waals surface area (Å²) in [7, 11) is 0. The lowest BCUT2D eigenvalue weighted by Gasteiger charge is -2.31. The van der Waals surface area contributed by atoms with Crippen LogP contribution in [0, 0.1) is 0 Å². The molecule has 16 heavy (non-hydrogen) atoms. The van der Waals surface area contributed by atoms with Gasteiger partial charge in [-0.25, -0.2) is 0 Å². The normalized spacial score (nSPS) is 35.4. The van der Waals surface area contributed by atoms with Crippen LogP contribution in [0.2, 0.25) is 0 Å². The first-order valence-electron chi connectivity index (χ1n) is 3.37. The van der Waals surface area contributed by atoms with Crippen LogP contribution in [0.15, 0.2) is 0 Å². The van der Waals surface area contributed by atoms with Crippen LogP contribution in [0.3, 0.4) is 0 Å². The lowest BCUT2D eigenvalue weighted by molar-refractivity contribution is -0.449. The van der Waals surface area contributed by atoms with Gasteiger partial charge < -0.3 is 4.74 Å². The Morgan fingerprint density at radius 3 is 1.50 bits per heavy atom. The molecule has 1 fully saturated rings. The molecule has 2 nitrogen and oxygen atoms in total. The molecule has 0 saturated carbocycles. The highest BCUT2D eigenvalue weighted by atomic mass is 35.5. The van der Waals surface area contributed by atoms with Crippen LogP contribution in [-0.2, 0) is 9.47 Å². The summed E-state index contributed by atoms with van der Waals surface area (Å²) in [4.78, 5) is 0. The third kappa shape index (κ3) is 1.93. The second-order valence-corrected chi connectivity index (χ2v) is 3.62. The van der Waals surface area contributed by atoms with Gasteiger partial charge in [0.05, 0.1) is 0 Å². The zero-order valence-electron chi connectivity index (χ0n) is 6.80. The fourth-order valence-electron chi connectivity index (χ4n) is 0.886. The van der Waals surface area contributed by atoms with E-state index in [1.54, 1.807) is 0 Å². The van der Waals surface area contributed by atoms with Crippen LogP contribution < -0.4 is 0 Å². The highest BCUT2D eigenvalue weighted by molar-refractivity contribution is 6.30. The minimum absolute atomic E-state index is 2.75. The first-order chi connectivity index (χ1) is 6.83. The van der Waals surface area contributed by atoms with Gasteiger partial charge in [-0.15, -0.1) is 0 Å². The molecule has 1 saturated heterocycles. The first kappa shape index (κ1) is 14.1. The van der Waals surface area contributed by atoms with Crippen LogP contribution in [0.1, 0.15) is 0 Å². The van der Waals surface area contributed by atoms with Crippen molar-refractivity contribution in [2.24, 2.45) is 0 Å². The third-order valence-electron chi connectivity index (χ3n) is 1.56. The maximum atomic E-state index is 12.8. The lowest BCUT2D eigenvalue weighted by atomic mass is 10.2. The molecule has 0 N–H and O–H groups in total. The van der Waals surface area contributed by atoms with Gasteiger partial charge in [0.15, 0.2) is 0 Å². The Labute approximate surface area is 93.2 Å². The predicted octanol–water partition coefficient (Wildman–Crippen LogP) is 3.28. The molecule has 96 valence electrons. The molecule has 1 aliphatic heterocycles. The number of hydrogen-bond donors (Lipinski definition) is 0. The number of hydrogen-bond acceptors (Lipinski definition) is 2. The molecule has 0 radical (unpaired) electrons. The van der Waals surface area contributed by atoms with Crippen molar-refractivity contribution in [3.8, 4) is 0 Å². The molecule has 1 heterocycles. The standard InChI is InChI=1S/C5HCl2F7O2/c6-1-2(7,8)16-3(15-1,4(9,10)11)5(12,13)14/h1H. The summed E-state index contributed by atoms with van der Waals surface area (Å²) in [5, 5.41) is -3.92. The molecular weight excluding hydrogens is 296 g/mol. The fraction of sp³-hybridized carbons (Fsp3) is 1.00. The van der Waals surface area contributed by atoms with Crippen LogP contribution in [0.5, 0.6) is 0 Å². The van der Waals surface area contributed by atoms with E-state index < -0.39 is 29.0 Å². The average molecular weight is 297 g/mol. The summed E-state index contributed by atoms with van der Waals surface area (Å²) in [6, 6.07) is 0. The third-order valence-corrected chi connectivity index (χ3v) is 2.32. The van der Waals surface area contributed by atoms with E-state index >= 15 is 0 Å². The Hall–Kier alpha value is 0.01000. The minimum Gasteiger partial charge on any atom is -0.308 e. The van der Waals surface area contributed by atoms with Gasteiger partial charge in [0, 0.05) is 0 Å². The molecule has 0 aromatic carbocycles. The van der Waals surface area contributed by atoms with Crippen molar-refractivity contribution in [1.29, 1.82) is 0 Å². The van der Waals surface area contributed by atoms with Crippen LogP contribution >= 0.6 is 23.2 Å². The quantitative estimate of drug-likeness (QED) is 0.504. The van der Waals surface area contributed by atoms with Crippen molar-refractivity contribution in [2.75, 3.05) is 0 Å². The van der Waals surface area contributed by atoms with E-state index in [2.05, 4.69) is 21.1 Å². The number of ether oxygens (including phenoxy) is 2. The van der Waals surface area contributed by atoms with Gasteiger partial charge in [0.1, 0.15) is 0 Å². The maximum absolute atomic E-state index is 12.8. The van der Waals surface area contributed by atoms with Crippen molar-refractivity contribution >= 4 is 23.2 Å². The first-order valence-corrected chi connectivity index (χ1v) is 4.18. The monoisotopic (exact) mass is 296 g/mol. The van der Waals surface area contributed by atoms with E-state index in [-0.39, 0.29) is 0 Å². The SMILES string of the molecule is FC1(Cl)OC(C(F)(F)F)(C(F)(F)F)OC1Cl. The Kier molecular flexibility index (Phi) is 3.08. The topological polar surface area (TPSA) is 18.5 Å². The van der Waals surface area contributed by atoms with Gasteiger partial charge in [-0.1, -0.05) is 11.6 Å². The van der Waals surface area contributed by atoms with Gasteiger partial charge in [-0.3, -0.25) is 4.74 Å². The van der Waals surface area contributed by atoms with E-state index in [1.807, 2.05) is 0 Å². The molecule has 0 aromatic heterocycles. The van der Waals surface area contributed by atoms with Gasteiger partial charge in [-0.2, -0.15) is 30.7 Å². The van der Waals surface area contributed by atoms with E-state index in [1.165, 1.54) is 0 Å². The Morgan fingerprint density at radius 1 is 1.00 bits per heavy atom. The number of rotatable bonds is 0. The Bertz CT molecular complexity index is 271. The summed E-state index contributed by atoms with van der Waals surface area (Å²) in [6.07, 6.45) is -12.2. The fourth-order valence-corrected chi connectivity index (χ4v) is 1.21. The largest absolute Gasteiger partial charge is 0.453 e. The van der Waals surface area contributed by atoms with E-state index in [4.69, 9.17) is 11.6 Å². The zero-order valence-corrected chi connectivity index (χ0v) is 8.31. The van der Waals surface area contributed by atoms with Crippen LogP contribution in [0.25, 0.3) is 0 Å². The minimum atomic E-state index is -6.08. The van der Waals surface area contributed by atoms with Gasteiger partial charge in [0.25, 0.3) is 0 Å². The second-order valence-electron chi connectivity index (χ2n) is 2.71. The highest BCUT2D eigenvalue weighted by Gasteiger charge is 2.82. The molecule has 1 aliphatic rings. The number of halogens is 9. The van der Waals surface area contributed by atoms with Gasteiger partial charge in [0.2, 0.25) is 5.56 Å². The molecule has 0 aliphatic carbocycles. The molecule has 2 atom stereocenters. The van der Waals surface area contributed by atoms with Crippen molar-refractivity contribution in [3.63, 3.8) is 0 Å². The van der Waals surface area contributed by atoms with Crippen molar-refractivity contribution in [1.82, 2.24) is 0 Å². The van der Waals surface area contributed by atoms with E-state index in [9.17, 15) is 30.7 Å². The smallest absolute Gasteiger partial charge is 0.308 e. The molecule has 1 rings (SSSR count). The molecule has 2 unspecified atom stereocenters. The van der Waals surface area contributed by atoms with Crippen molar-refractivity contribution in [3.05, 3.63) is 0 Å². The van der Waals surface area contributed by atoms with E-state index in [0.717, 1.165) is 0 Å². The molecule has 0 aromatic rings. The lowest BCUT2D eigenvalue weighted by Crippen LogP contribution is -2.58. The van der Waals surface area contributed by atoms with Gasteiger partial charge in [-0.05, 0) is 11.6 Å². The molecule has 0 amide bonds. The van der Waals surface area contributed by atoms with Crippen molar-refractivity contribution < 1.29 is 40.2 Å². The Balaban J connectivity index is 3.22. The maximum Gasteiger partial charge on any atom is 0.453 e. The van der Waals surface area contributed by atoms with E-state index in [0.29, 0.717) is 0 Å². The summed E-state index contributed by atoms with van der Waals surface area (Å²) in [5.74, 6) is -5.16. The molecular formula is C5HCl2F7O2. The zero-order chi connectivity index (χ0) is 13.0. The van der Waals surface area contributed by atoms with Gasteiger partial charge >= 0.3 is 23.5 Å². The summed E-state index contributed by atoms with van der Waals surface area (Å²) >= 11 is 9.31. The highest BCUT2D eigenvalue weighted by Crippen LogP contribution is 2.56. The predicted molar refractivity (Wildman–Crippen MR) is 36.3 cm³/mol. The van der Waals surface area contributed by atoms with Crippen LogP contribution in [0.4, 0.5) is 30.7 Å². The number of alkyl halides is 9. The summed E-state index contributed by atoms with van der Waals surface area (Å²) in [6.45, 7) is 0. The second kappa shape index (κ2) is 3.50. The summed E-state index contributed by atoms with van der Waals surface area (Å²) in [5.41, 5.74) is -2.75. The summed E-state index contributed by atoms with van der Waals surface area (Å²) < 4.78 is 92.2. The average Bonchev–Trinajstić information content (AvgIpc) is 2.21. The van der Waals surface area contributed by atoms with Crippen LogP contribution in [-0.4, -0.2) is 29.0 Å². The molecule has 0 bridgehead atoms. The van der Waals surface area contributed by atoms with Crippen molar-refractivity contribution in [2.45, 2.75) is 29.0 Å².